The molecule has 0 saturated carbocycles. The van der Waals surface area contributed by atoms with Gasteiger partial charge in [0.05, 0.1) is 0 Å². The van der Waals surface area contributed by atoms with Gasteiger partial charge in [0, 0.05) is 34.7 Å². The number of nitrogens with two attached hydrogens (primary N) is 1. The standard InChI is InChI=1S/C16H17BrF2N2/c1-21(10-11-4-2-3-5-14(11)18)16(9-20)13-8-12(17)6-7-15(13)19/h2-8,16H,9-10,20H2,1H3. The summed E-state index contributed by atoms with van der Waals surface area (Å²) in [5.74, 6) is -0.580. The van der Waals surface area contributed by atoms with Crippen molar-refractivity contribution in [1.82, 2.24) is 4.90 Å². The Hall–Kier alpha value is -1.30. The Morgan fingerprint density at radius 3 is 2.52 bits per heavy atom. The van der Waals surface area contributed by atoms with Gasteiger partial charge in [-0.25, -0.2) is 8.78 Å². The fourth-order valence-electron chi connectivity index (χ4n) is 2.32. The summed E-state index contributed by atoms with van der Waals surface area (Å²) in [5.41, 5.74) is 6.87. The van der Waals surface area contributed by atoms with Gasteiger partial charge in [-0.1, -0.05) is 34.1 Å². The third-order valence-corrected chi connectivity index (χ3v) is 3.94. The molecule has 2 nitrogen and oxygen atoms in total. The van der Waals surface area contributed by atoms with E-state index in [1.165, 1.54) is 12.1 Å². The first-order valence-electron chi connectivity index (χ1n) is 6.61. The van der Waals surface area contributed by atoms with Crippen LogP contribution in [-0.4, -0.2) is 18.5 Å². The lowest BCUT2D eigenvalue weighted by Gasteiger charge is -2.28. The second-order valence-corrected chi connectivity index (χ2v) is 5.84. The van der Waals surface area contributed by atoms with Crippen LogP contribution in [0.4, 0.5) is 8.78 Å². The van der Waals surface area contributed by atoms with E-state index in [2.05, 4.69) is 15.9 Å². The average Bonchev–Trinajstić information content (AvgIpc) is 2.46. The van der Waals surface area contributed by atoms with Gasteiger partial charge >= 0.3 is 0 Å². The molecule has 0 saturated heterocycles. The summed E-state index contributed by atoms with van der Waals surface area (Å²) in [6.07, 6.45) is 0. The summed E-state index contributed by atoms with van der Waals surface area (Å²) in [5, 5.41) is 0. The number of hydrogen-bond acceptors (Lipinski definition) is 2. The smallest absolute Gasteiger partial charge is 0.128 e. The summed E-state index contributed by atoms with van der Waals surface area (Å²) in [6.45, 7) is 0.610. The third kappa shape index (κ3) is 3.87. The molecule has 0 aromatic heterocycles. The number of benzene rings is 2. The van der Waals surface area contributed by atoms with Crippen LogP contribution in [0.2, 0.25) is 0 Å². The fraction of sp³-hybridized carbons (Fsp3) is 0.250. The molecule has 1 atom stereocenters. The predicted octanol–water partition coefficient (Wildman–Crippen LogP) is 3.86. The number of halogens is 3. The molecule has 2 aromatic rings. The van der Waals surface area contributed by atoms with Crippen LogP contribution in [0, 0.1) is 11.6 Å². The van der Waals surface area contributed by atoms with Gasteiger partial charge in [-0.3, -0.25) is 4.90 Å². The highest BCUT2D eigenvalue weighted by atomic mass is 79.9. The number of rotatable bonds is 5. The van der Waals surface area contributed by atoms with Crippen LogP contribution in [0.15, 0.2) is 46.9 Å². The molecular weight excluding hydrogens is 338 g/mol. The van der Waals surface area contributed by atoms with Gasteiger partial charge in [0.1, 0.15) is 11.6 Å². The van der Waals surface area contributed by atoms with Gasteiger partial charge in [-0.2, -0.15) is 0 Å². The van der Waals surface area contributed by atoms with Crippen molar-refractivity contribution in [2.75, 3.05) is 13.6 Å². The molecule has 1 unspecified atom stereocenters. The molecule has 2 rings (SSSR count). The van der Waals surface area contributed by atoms with Gasteiger partial charge in [0.25, 0.3) is 0 Å². The minimum atomic E-state index is -0.317. The molecule has 0 amide bonds. The van der Waals surface area contributed by atoms with Gasteiger partial charge in [0.15, 0.2) is 0 Å². The van der Waals surface area contributed by atoms with E-state index in [1.54, 1.807) is 30.3 Å². The van der Waals surface area contributed by atoms with Gasteiger partial charge in [-0.15, -0.1) is 0 Å². The SMILES string of the molecule is CN(Cc1ccccc1F)C(CN)c1cc(Br)ccc1F. The van der Waals surface area contributed by atoms with E-state index in [9.17, 15) is 8.78 Å². The average molecular weight is 355 g/mol. The Balaban J connectivity index is 2.25. The van der Waals surface area contributed by atoms with Crippen molar-refractivity contribution in [3.8, 4) is 0 Å². The van der Waals surface area contributed by atoms with Crippen molar-refractivity contribution in [2.24, 2.45) is 5.73 Å². The maximum Gasteiger partial charge on any atom is 0.128 e. The molecule has 0 radical (unpaired) electrons. The van der Waals surface area contributed by atoms with Crippen molar-refractivity contribution in [1.29, 1.82) is 0 Å². The van der Waals surface area contributed by atoms with Gasteiger partial charge < -0.3 is 5.73 Å². The van der Waals surface area contributed by atoms with E-state index in [4.69, 9.17) is 5.73 Å². The lowest BCUT2D eigenvalue weighted by Crippen LogP contribution is -2.31. The zero-order valence-corrected chi connectivity index (χ0v) is 13.3. The van der Waals surface area contributed by atoms with Gasteiger partial charge in [0.2, 0.25) is 0 Å². The largest absolute Gasteiger partial charge is 0.329 e. The van der Waals surface area contributed by atoms with Crippen LogP contribution in [0.5, 0.6) is 0 Å². The Bertz CT molecular complexity index is 619. The summed E-state index contributed by atoms with van der Waals surface area (Å²) in [7, 11) is 1.81. The van der Waals surface area contributed by atoms with Crippen LogP contribution in [-0.2, 0) is 6.54 Å². The predicted molar refractivity (Wildman–Crippen MR) is 83.8 cm³/mol. The quantitative estimate of drug-likeness (QED) is 0.883. The molecule has 2 aromatic carbocycles. The molecule has 0 spiro atoms. The van der Waals surface area contributed by atoms with Crippen molar-refractivity contribution in [2.45, 2.75) is 12.6 Å². The first-order valence-corrected chi connectivity index (χ1v) is 7.41. The van der Waals surface area contributed by atoms with Crippen molar-refractivity contribution in [3.05, 3.63) is 69.7 Å². The van der Waals surface area contributed by atoms with E-state index < -0.39 is 0 Å². The molecule has 0 aliphatic carbocycles. The topological polar surface area (TPSA) is 29.3 Å². The molecule has 5 heteroatoms. The molecule has 2 N–H and O–H groups in total. The molecular formula is C16H17BrF2N2. The van der Waals surface area contributed by atoms with Crippen LogP contribution in [0.3, 0.4) is 0 Å². The zero-order valence-electron chi connectivity index (χ0n) is 11.7. The zero-order chi connectivity index (χ0) is 15.4. The third-order valence-electron chi connectivity index (χ3n) is 3.45. The van der Waals surface area contributed by atoms with Crippen molar-refractivity contribution < 1.29 is 8.78 Å². The highest BCUT2D eigenvalue weighted by molar-refractivity contribution is 9.10. The maximum atomic E-state index is 14.0. The summed E-state index contributed by atoms with van der Waals surface area (Å²) < 4.78 is 28.5. The summed E-state index contributed by atoms with van der Waals surface area (Å²) in [6, 6.07) is 11.0. The Morgan fingerprint density at radius 2 is 1.86 bits per heavy atom. The molecule has 0 fully saturated rings. The van der Waals surface area contributed by atoms with Gasteiger partial charge in [-0.05, 0) is 31.3 Å². The van der Waals surface area contributed by atoms with E-state index in [0.717, 1.165) is 4.47 Å². The lowest BCUT2D eigenvalue weighted by atomic mass is 10.0. The van der Waals surface area contributed by atoms with Crippen LogP contribution < -0.4 is 5.73 Å². The number of hydrogen-bond donors (Lipinski definition) is 1. The van der Waals surface area contributed by atoms with Crippen LogP contribution in [0.1, 0.15) is 17.2 Å². The maximum absolute atomic E-state index is 14.0. The molecule has 0 aliphatic heterocycles. The Morgan fingerprint density at radius 1 is 1.14 bits per heavy atom. The van der Waals surface area contributed by atoms with Crippen molar-refractivity contribution in [3.63, 3.8) is 0 Å². The highest BCUT2D eigenvalue weighted by Gasteiger charge is 2.20. The highest BCUT2D eigenvalue weighted by Crippen LogP contribution is 2.26. The van der Waals surface area contributed by atoms with Crippen LogP contribution >= 0.6 is 15.9 Å². The van der Waals surface area contributed by atoms with E-state index in [1.807, 2.05) is 11.9 Å². The fourth-order valence-corrected chi connectivity index (χ4v) is 2.70. The lowest BCUT2D eigenvalue weighted by molar-refractivity contribution is 0.233. The number of likely N-dealkylation sites (N-methyl/N-ethyl adjacent to an activating group) is 1. The monoisotopic (exact) mass is 354 g/mol. The summed E-state index contributed by atoms with van der Waals surface area (Å²) in [4.78, 5) is 1.85. The normalized spacial score (nSPS) is 12.7. The Kier molecular flexibility index (Phi) is 5.45. The van der Waals surface area contributed by atoms with E-state index in [0.29, 0.717) is 17.7 Å². The molecule has 112 valence electrons. The molecule has 21 heavy (non-hydrogen) atoms. The molecule has 0 bridgehead atoms. The second-order valence-electron chi connectivity index (χ2n) is 4.92. The minimum absolute atomic E-state index is 0.248. The first kappa shape index (κ1) is 16.1. The first-order chi connectivity index (χ1) is 10.0. The molecule has 0 aliphatic rings. The van der Waals surface area contributed by atoms with E-state index in [-0.39, 0.29) is 24.2 Å². The second kappa shape index (κ2) is 7.11. The molecule has 0 heterocycles. The number of nitrogens with zero attached hydrogens (tertiary/aromatic N) is 1. The van der Waals surface area contributed by atoms with Crippen molar-refractivity contribution >= 4 is 15.9 Å². The minimum Gasteiger partial charge on any atom is -0.329 e. The van der Waals surface area contributed by atoms with Crippen LogP contribution in [0.25, 0.3) is 0 Å². The van der Waals surface area contributed by atoms with E-state index >= 15 is 0 Å². The summed E-state index contributed by atoms with van der Waals surface area (Å²) >= 11 is 3.34. The Labute approximate surface area is 131 Å².